The summed E-state index contributed by atoms with van der Waals surface area (Å²) >= 11 is 0. The second-order valence-electron chi connectivity index (χ2n) is 5.61. The summed E-state index contributed by atoms with van der Waals surface area (Å²) in [5.74, 6) is 0.213. The van der Waals surface area contributed by atoms with Gasteiger partial charge in [-0.05, 0) is 25.0 Å². The van der Waals surface area contributed by atoms with Gasteiger partial charge in [0.05, 0.1) is 0 Å². The molecular weight excluding hydrogens is 198 g/mol. The van der Waals surface area contributed by atoms with Crippen molar-refractivity contribution < 1.29 is 4.79 Å². The van der Waals surface area contributed by atoms with Gasteiger partial charge in [0.1, 0.15) is 0 Å². The zero-order valence-corrected chi connectivity index (χ0v) is 10.4. The third-order valence-electron chi connectivity index (χ3n) is 3.07. The van der Waals surface area contributed by atoms with Crippen LogP contribution in [0.15, 0.2) is 24.3 Å². The fraction of sp³-hybridized carbons (Fsp3) is 0.500. The van der Waals surface area contributed by atoms with E-state index in [9.17, 15) is 4.79 Å². The van der Waals surface area contributed by atoms with E-state index in [2.05, 4.69) is 13.0 Å². The third kappa shape index (κ3) is 1.73. The summed E-state index contributed by atoms with van der Waals surface area (Å²) in [6.07, 6.45) is 0.970. The Balaban J connectivity index is 2.40. The summed E-state index contributed by atoms with van der Waals surface area (Å²) in [6.45, 7) is 8.04. The van der Waals surface area contributed by atoms with Gasteiger partial charge in [0, 0.05) is 17.1 Å². The summed E-state index contributed by atoms with van der Waals surface area (Å²) in [4.78, 5) is 14.3. The number of hydrogen-bond donors (Lipinski definition) is 0. The van der Waals surface area contributed by atoms with E-state index in [1.807, 2.05) is 43.9 Å². The Labute approximate surface area is 97.3 Å². The van der Waals surface area contributed by atoms with Crippen molar-refractivity contribution in [3.05, 3.63) is 29.8 Å². The SMILES string of the molecule is C[C@H]1Cc2ccccc2N1C(=O)C(C)(C)C. The van der Waals surface area contributed by atoms with Gasteiger partial charge in [-0.25, -0.2) is 0 Å². The molecule has 1 aliphatic heterocycles. The van der Waals surface area contributed by atoms with Gasteiger partial charge in [-0.3, -0.25) is 4.79 Å². The fourth-order valence-corrected chi connectivity index (χ4v) is 2.24. The highest BCUT2D eigenvalue weighted by Crippen LogP contribution is 2.34. The number of anilines is 1. The first kappa shape index (κ1) is 11.2. The zero-order chi connectivity index (χ0) is 11.9. The van der Waals surface area contributed by atoms with Gasteiger partial charge < -0.3 is 4.90 Å². The predicted molar refractivity (Wildman–Crippen MR) is 66.5 cm³/mol. The molecule has 86 valence electrons. The van der Waals surface area contributed by atoms with E-state index in [0.29, 0.717) is 0 Å². The first-order valence-electron chi connectivity index (χ1n) is 5.83. The van der Waals surface area contributed by atoms with Crippen molar-refractivity contribution in [2.24, 2.45) is 5.41 Å². The van der Waals surface area contributed by atoms with Crippen molar-refractivity contribution in [3.63, 3.8) is 0 Å². The molecule has 1 amide bonds. The number of hydrogen-bond acceptors (Lipinski definition) is 1. The maximum atomic E-state index is 12.4. The lowest BCUT2D eigenvalue weighted by atomic mass is 9.94. The number of fused-ring (bicyclic) bond motifs is 1. The first-order valence-corrected chi connectivity index (χ1v) is 5.83. The maximum absolute atomic E-state index is 12.4. The average molecular weight is 217 g/mol. The van der Waals surface area contributed by atoms with Gasteiger partial charge in [0.25, 0.3) is 0 Å². The Kier molecular flexibility index (Phi) is 2.53. The van der Waals surface area contributed by atoms with Crippen molar-refractivity contribution in [2.45, 2.75) is 40.2 Å². The molecule has 2 rings (SSSR count). The summed E-state index contributed by atoms with van der Waals surface area (Å²) in [5.41, 5.74) is 2.06. The summed E-state index contributed by atoms with van der Waals surface area (Å²) < 4.78 is 0. The van der Waals surface area contributed by atoms with Gasteiger partial charge in [-0.1, -0.05) is 39.0 Å². The molecular formula is C14H19NO. The molecule has 0 fully saturated rings. The van der Waals surface area contributed by atoms with E-state index in [-0.39, 0.29) is 17.4 Å². The van der Waals surface area contributed by atoms with E-state index in [4.69, 9.17) is 0 Å². The second kappa shape index (κ2) is 3.62. The Morgan fingerprint density at radius 3 is 2.56 bits per heavy atom. The molecule has 0 radical (unpaired) electrons. The molecule has 2 nitrogen and oxygen atoms in total. The molecule has 0 bridgehead atoms. The summed E-state index contributed by atoms with van der Waals surface area (Å²) in [5, 5.41) is 0. The Morgan fingerprint density at radius 1 is 1.31 bits per heavy atom. The van der Waals surface area contributed by atoms with Crippen molar-refractivity contribution in [2.75, 3.05) is 4.90 Å². The Hall–Kier alpha value is -1.31. The van der Waals surface area contributed by atoms with Gasteiger partial charge in [0.2, 0.25) is 5.91 Å². The Bertz CT molecular complexity index is 417. The number of carbonyl (C=O) groups excluding carboxylic acids is 1. The van der Waals surface area contributed by atoms with Crippen LogP contribution in [0.5, 0.6) is 0 Å². The smallest absolute Gasteiger partial charge is 0.232 e. The molecule has 1 aromatic rings. The van der Waals surface area contributed by atoms with Crippen molar-refractivity contribution >= 4 is 11.6 Å². The van der Waals surface area contributed by atoms with Crippen LogP contribution in [0.3, 0.4) is 0 Å². The van der Waals surface area contributed by atoms with Gasteiger partial charge >= 0.3 is 0 Å². The lowest BCUT2D eigenvalue weighted by Gasteiger charge is -2.29. The van der Waals surface area contributed by atoms with Gasteiger partial charge in [-0.2, -0.15) is 0 Å². The number of amides is 1. The molecule has 0 aliphatic carbocycles. The molecule has 0 N–H and O–H groups in total. The van der Waals surface area contributed by atoms with E-state index in [0.717, 1.165) is 12.1 Å². The van der Waals surface area contributed by atoms with Crippen LogP contribution >= 0.6 is 0 Å². The minimum Gasteiger partial charge on any atom is -0.309 e. The molecule has 0 saturated heterocycles. The van der Waals surface area contributed by atoms with E-state index in [1.54, 1.807) is 0 Å². The maximum Gasteiger partial charge on any atom is 0.232 e. The topological polar surface area (TPSA) is 20.3 Å². The van der Waals surface area contributed by atoms with Crippen molar-refractivity contribution in [1.82, 2.24) is 0 Å². The lowest BCUT2D eigenvalue weighted by Crippen LogP contribution is -2.42. The molecule has 1 heterocycles. The Morgan fingerprint density at radius 2 is 1.94 bits per heavy atom. The van der Waals surface area contributed by atoms with Crippen molar-refractivity contribution in [3.8, 4) is 0 Å². The van der Waals surface area contributed by atoms with E-state index in [1.165, 1.54) is 5.56 Å². The highest BCUT2D eigenvalue weighted by Gasteiger charge is 2.36. The van der Waals surface area contributed by atoms with Crippen LogP contribution in [0.1, 0.15) is 33.3 Å². The van der Waals surface area contributed by atoms with E-state index >= 15 is 0 Å². The summed E-state index contributed by atoms with van der Waals surface area (Å²) in [7, 11) is 0. The molecule has 0 saturated carbocycles. The first-order chi connectivity index (χ1) is 7.41. The van der Waals surface area contributed by atoms with Crippen molar-refractivity contribution in [1.29, 1.82) is 0 Å². The van der Waals surface area contributed by atoms with Crippen LogP contribution in [-0.2, 0) is 11.2 Å². The largest absolute Gasteiger partial charge is 0.309 e. The third-order valence-corrected chi connectivity index (χ3v) is 3.07. The number of carbonyl (C=O) groups is 1. The lowest BCUT2D eigenvalue weighted by molar-refractivity contribution is -0.126. The molecule has 16 heavy (non-hydrogen) atoms. The van der Waals surface area contributed by atoms with E-state index < -0.39 is 0 Å². The van der Waals surface area contributed by atoms with Gasteiger partial charge in [0.15, 0.2) is 0 Å². The number of nitrogens with zero attached hydrogens (tertiary/aromatic N) is 1. The van der Waals surface area contributed by atoms with Crippen LogP contribution < -0.4 is 4.90 Å². The standard InChI is InChI=1S/C14H19NO/c1-10-9-11-7-5-6-8-12(11)15(10)13(16)14(2,3)4/h5-8,10H,9H2,1-4H3/t10-/m0/s1. The minimum absolute atomic E-state index is 0.213. The quantitative estimate of drug-likeness (QED) is 0.654. The number of rotatable bonds is 0. The molecule has 1 atom stereocenters. The number of benzene rings is 1. The van der Waals surface area contributed by atoms with Crippen LogP contribution in [-0.4, -0.2) is 11.9 Å². The van der Waals surface area contributed by atoms with Crippen LogP contribution in [0, 0.1) is 5.41 Å². The van der Waals surface area contributed by atoms with Gasteiger partial charge in [-0.15, -0.1) is 0 Å². The highest BCUT2D eigenvalue weighted by molar-refractivity contribution is 5.99. The molecule has 1 aliphatic rings. The predicted octanol–water partition coefficient (Wildman–Crippen LogP) is 3.01. The monoisotopic (exact) mass is 217 g/mol. The molecule has 0 spiro atoms. The molecule has 1 aromatic carbocycles. The molecule has 2 heteroatoms. The second-order valence-corrected chi connectivity index (χ2v) is 5.61. The molecule has 0 unspecified atom stereocenters. The minimum atomic E-state index is -0.314. The van der Waals surface area contributed by atoms with Crippen LogP contribution in [0.25, 0.3) is 0 Å². The fourth-order valence-electron chi connectivity index (χ4n) is 2.24. The molecule has 0 aromatic heterocycles. The zero-order valence-electron chi connectivity index (χ0n) is 10.4. The normalized spacial score (nSPS) is 19.8. The summed E-state index contributed by atoms with van der Waals surface area (Å²) in [6, 6.07) is 8.48. The average Bonchev–Trinajstić information content (AvgIpc) is 2.51. The van der Waals surface area contributed by atoms with Crippen LogP contribution in [0.4, 0.5) is 5.69 Å². The van der Waals surface area contributed by atoms with Crippen LogP contribution in [0.2, 0.25) is 0 Å². The number of para-hydroxylation sites is 1. The highest BCUT2D eigenvalue weighted by atomic mass is 16.2.